The summed E-state index contributed by atoms with van der Waals surface area (Å²) < 4.78 is 6.96. The van der Waals surface area contributed by atoms with Crippen LogP contribution >= 0.6 is 0 Å². The molecule has 3 rings (SSSR count). The van der Waals surface area contributed by atoms with Gasteiger partial charge in [-0.1, -0.05) is 12.1 Å². The zero-order valence-corrected chi connectivity index (χ0v) is 14.0. The van der Waals surface area contributed by atoms with Gasteiger partial charge < -0.3 is 14.4 Å². The minimum absolute atomic E-state index is 0.0928. The number of imidazole rings is 1. The van der Waals surface area contributed by atoms with Crippen molar-refractivity contribution in [3.63, 3.8) is 0 Å². The lowest BCUT2D eigenvalue weighted by atomic mass is 10.1. The molecule has 0 saturated heterocycles. The Bertz CT molecular complexity index is 895. The van der Waals surface area contributed by atoms with Gasteiger partial charge in [-0.05, 0) is 54.8 Å². The molecule has 0 spiro atoms. The Morgan fingerprint density at radius 1 is 1.17 bits per heavy atom. The lowest BCUT2D eigenvalue weighted by Crippen LogP contribution is -2.12. The summed E-state index contributed by atoms with van der Waals surface area (Å²) in [5, 5.41) is 9.26. The molecule has 2 aromatic carbocycles. The summed E-state index contributed by atoms with van der Waals surface area (Å²) in [6.07, 6.45) is 0.573. The molecule has 0 unspecified atom stereocenters. The number of hydrogen-bond acceptors (Lipinski definition) is 3. The second-order valence-electron chi connectivity index (χ2n) is 5.96. The number of rotatable bonds is 5. The highest BCUT2D eigenvalue weighted by atomic mass is 16.5. The lowest BCUT2D eigenvalue weighted by Gasteiger charge is -2.08. The zero-order chi connectivity index (χ0) is 17.3. The van der Waals surface area contributed by atoms with Crippen LogP contribution in [0.5, 0.6) is 5.75 Å². The van der Waals surface area contributed by atoms with E-state index in [9.17, 15) is 9.90 Å². The van der Waals surface area contributed by atoms with Crippen molar-refractivity contribution in [2.24, 2.45) is 0 Å². The topological polar surface area (TPSA) is 64.4 Å². The third kappa shape index (κ3) is 3.11. The third-order valence-corrected chi connectivity index (χ3v) is 4.26. The van der Waals surface area contributed by atoms with Crippen LogP contribution in [0.4, 0.5) is 0 Å². The molecule has 24 heavy (non-hydrogen) atoms. The van der Waals surface area contributed by atoms with Gasteiger partial charge in [0.25, 0.3) is 0 Å². The molecule has 5 heteroatoms. The maximum atomic E-state index is 11.3. The number of benzene rings is 2. The third-order valence-electron chi connectivity index (χ3n) is 4.26. The van der Waals surface area contributed by atoms with Crippen molar-refractivity contribution >= 4 is 17.0 Å². The van der Waals surface area contributed by atoms with Gasteiger partial charge in [0, 0.05) is 6.42 Å². The molecule has 124 valence electrons. The van der Waals surface area contributed by atoms with Crippen LogP contribution in [0.2, 0.25) is 0 Å². The fraction of sp³-hybridized carbons (Fsp3) is 0.263. The maximum absolute atomic E-state index is 11.3. The number of carbonyl (C=O) groups is 1. The average molecular weight is 324 g/mol. The molecule has 1 N–H and O–H groups in total. The Hall–Kier alpha value is -2.82. The van der Waals surface area contributed by atoms with Gasteiger partial charge in [0.15, 0.2) is 0 Å². The Balaban J connectivity index is 2.05. The predicted octanol–water partition coefficient (Wildman–Crippen LogP) is 3.34. The summed E-state index contributed by atoms with van der Waals surface area (Å²) in [6.45, 7) is 3.97. The van der Waals surface area contributed by atoms with E-state index in [1.807, 2.05) is 50.2 Å². The molecule has 1 heterocycles. The molecule has 0 radical (unpaired) electrons. The molecule has 0 atom stereocenters. The Morgan fingerprint density at radius 3 is 2.46 bits per heavy atom. The van der Waals surface area contributed by atoms with Crippen molar-refractivity contribution < 1.29 is 14.6 Å². The summed E-state index contributed by atoms with van der Waals surface area (Å²) >= 11 is 0. The van der Waals surface area contributed by atoms with Gasteiger partial charge in [0.2, 0.25) is 0 Å². The highest BCUT2D eigenvalue weighted by Crippen LogP contribution is 2.23. The predicted molar refractivity (Wildman–Crippen MR) is 92.6 cm³/mol. The van der Waals surface area contributed by atoms with E-state index < -0.39 is 5.97 Å². The molecule has 0 aliphatic carbocycles. The molecule has 0 bridgehead atoms. The number of fused-ring (bicyclic) bond motifs is 1. The second kappa shape index (κ2) is 6.35. The molecule has 0 aliphatic rings. The molecule has 3 aromatic rings. The maximum Gasteiger partial charge on any atom is 0.323 e. The lowest BCUT2D eigenvalue weighted by molar-refractivity contribution is -0.137. The number of nitrogens with zero attached hydrogens (tertiary/aromatic N) is 2. The van der Waals surface area contributed by atoms with E-state index in [1.54, 1.807) is 11.7 Å². The molecule has 0 saturated carbocycles. The fourth-order valence-electron chi connectivity index (χ4n) is 2.80. The van der Waals surface area contributed by atoms with Crippen LogP contribution in [-0.2, 0) is 17.8 Å². The zero-order valence-electron chi connectivity index (χ0n) is 14.0. The number of aromatic nitrogens is 2. The van der Waals surface area contributed by atoms with Crippen molar-refractivity contribution in [1.29, 1.82) is 0 Å². The highest BCUT2D eigenvalue weighted by molar-refractivity contribution is 5.80. The quantitative estimate of drug-likeness (QED) is 0.782. The summed E-state index contributed by atoms with van der Waals surface area (Å²) in [5.74, 6) is 0.676. The largest absolute Gasteiger partial charge is 0.497 e. The number of aryl methyl sites for hydroxylation is 2. The number of carboxylic acids is 1. The first kappa shape index (κ1) is 16.1. The standard InChI is InChI=1S/C19H20N2O3/c1-12-8-16-17(9-13(12)2)21(11-19(22)23)18(20-16)10-14-4-6-15(24-3)7-5-14/h4-9H,10-11H2,1-3H3,(H,22,23). The number of aliphatic carboxylic acids is 1. The summed E-state index contributed by atoms with van der Waals surface area (Å²) in [4.78, 5) is 16.0. The van der Waals surface area contributed by atoms with E-state index >= 15 is 0 Å². The van der Waals surface area contributed by atoms with Crippen molar-refractivity contribution in [2.75, 3.05) is 7.11 Å². The first-order valence-electron chi connectivity index (χ1n) is 7.79. The van der Waals surface area contributed by atoms with E-state index in [-0.39, 0.29) is 6.54 Å². The van der Waals surface area contributed by atoms with Crippen molar-refractivity contribution in [1.82, 2.24) is 9.55 Å². The van der Waals surface area contributed by atoms with Crippen LogP contribution < -0.4 is 4.74 Å². The molecular formula is C19H20N2O3. The van der Waals surface area contributed by atoms with Gasteiger partial charge in [-0.25, -0.2) is 4.98 Å². The second-order valence-corrected chi connectivity index (χ2v) is 5.96. The van der Waals surface area contributed by atoms with Gasteiger partial charge in [-0.2, -0.15) is 0 Å². The minimum Gasteiger partial charge on any atom is -0.497 e. The first-order valence-corrected chi connectivity index (χ1v) is 7.79. The van der Waals surface area contributed by atoms with E-state index in [4.69, 9.17) is 4.74 Å². The smallest absolute Gasteiger partial charge is 0.323 e. The molecule has 0 amide bonds. The normalized spacial score (nSPS) is 11.0. The fourth-order valence-corrected chi connectivity index (χ4v) is 2.80. The van der Waals surface area contributed by atoms with Crippen molar-refractivity contribution in [2.45, 2.75) is 26.8 Å². The summed E-state index contributed by atoms with van der Waals surface area (Å²) in [5.41, 5.74) is 5.04. The van der Waals surface area contributed by atoms with Crippen LogP contribution in [0.25, 0.3) is 11.0 Å². The number of hydrogen-bond donors (Lipinski definition) is 1. The van der Waals surface area contributed by atoms with Crippen LogP contribution in [0.15, 0.2) is 36.4 Å². The van der Waals surface area contributed by atoms with Gasteiger partial charge in [0.1, 0.15) is 18.1 Å². The first-order chi connectivity index (χ1) is 11.5. The molecule has 5 nitrogen and oxygen atoms in total. The molecular weight excluding hydrogens is 304 g/mol. The van der Waals surface area contributed by atoms with Crippen LogP contribution in [0.1, 0.15) is 22.5 Å². The highest BCUT2D eigenvalue weighted by Gasteiger charge is 2.15. The Labute approximate surface area is 140 Å². The summed E-state index contributed by atoms with van der Waals surface area (Å²) in [7, 11) is 1.63. The number of ether oxygens (including phenoxy) is 1. The van der Waals surface area contributed by atoms with Gasteiger partial charge >= 0.3 is 5.97 Å². The van der Waals surface area contributed by atoms with Crippen LogP contribution in [0.3, 0.4) is 0 Å². The van der Waals surface area contributed by atoms with Gasteiger partial charge in [-0.15, -0.1) is 0 Å². The monoisotopic (exact) mass is 324 g/mol. The Morgan fingerprint density at radius 2 is 1.83 bits per heavy atom. The van der Waals surface area contributed by atoms with E-state index in [1.165, 1.54) is 0 Å². The number of methoxy groups -OCH3 is 1. The van der Waals surface area contributed by atoms with Crippen LogP contribution in [0, 0.1) is 13.8 Å². The van der Waals surface area contributed by atoms with Gasteiger partial charge in [0.05, 0.1) is 18.1 Å². The average Bonchev–Trinajstić information content (AvgIpc) is 2.85. The summed E-state index contributed by atoms with van der Waals surface area (Å²) in [6, 6.07) is 11.8. The molecule has 1 aromatic heterocycles. The van der Waals surface area contributed by atoms with Crippen molar-refractivity contribution in [3.8, 4) is 5.75 Å². The molecule has 0 fully saturated rings. The SMILES string of the molecule is COc1ccc(Cc2nc3cc(C)c(C)cc3n2CC(=O)O)cc1. The Kier molecular flexibility index (Phi) is 4.25. The van der Waals surface area contributed by atoms with Crippen LogP contribution in [-0.4, -0.2) is 27.7 Å². The van der Waals surface area contributed by atoms with Crippen molar-refractivity contribution in [3.05, 3.63) is 58.9 Å². The van der Waals surface area contributed by atoms with Gasteiger partial charge in [-0.3, -0.25) is 4.79 Å². The number of carboxylic acid groups (broad SMARTS) is 1. The van der Waals surface area contributed by atoms with E-state index in [0.717, 1.165) is 39.3 Å². The molecule has 0 aliphatic heterocycles. The van der Waals surface area contributed by atoms with E-state index in [2.05, 4.69) is 4.98 Å². The minimum atomic E-state index is -0.872. The van der Waals surface area contributed by atoms with E-state index in [0.29, 0.717) is 6.42 Å².